The molecular formula is C29H29F3N6O2. The molecule has 2 heterocycles. The number of carbonyl (C=O) groups is 2. The van der Waals surface area contributed by atoms with Gasteiger partial charge in [0.25, 0.3) is 5.91 Å². The molecule has 2 fully saturated rings. The van der Waals surface area contributed by atoms with Crippen LogP contribution in [0, 0.1) is 17.2 Å². The Hall–Kier alpha value is -4.17. The average molecular weight is 551 g/mol. The fraction of sp³-hybridized carbons (Fsp3) is 0.379. The lowest BCUT2D eigenvalue weighted by molar-refractivity contribution is -0.137. The number of nitrogens with two attached hydrogens (primary N) is 1. The van der Waals surface area contributed by atoms with Crippen LogP contribution >= 0.6 is 0 Å². The van der Waals surface area contributed by atoms with Gasteiger partial charge in [-0.2, -0.15) is 23.5 Å². The molecule has 40 heavy (non-hydrogen) atoms. The van der Waals surface area contributed by atoms with Gasteiger partial charge in [0.1, 0.15) is 5.56 Å². The predicted octanol–water partition coefficient (Wildman–Crippen LogP) is 4.92. The van der Waals surface area contributed by atoms with Crippen LogP contribution in [0.25, 0.3) is 11.1 Å². The van der Waals surface area contributed by atoms with Crippen molar-refractivity contribution in [1.29, 1.82) is 5.26 Å². The number of halogens is 3. The number of nitriles is 1. The standard InChI is InChI=1S/C29H29F3N6O2/c30-29(31,32)23-3-1-2-22(16-23)20-6-4-19(5-7-20)17-37-14-11-28(10-13-33,12-15-37)38-18-24(25(34)39)26(36-38)35-27(40)21-8-9-21/h1-7,16,18,21H,8-12,14-15,17H2,(H2,34,39)(H,35,36,40). The number of nitrogens with zero attached hydrogens (tertiary/aromatic N) is 4. The van der Waals surface area contributed by atoms with Crippen molar-refractivity contribution in [2.24, 2.45) is 11.7 Å². The molecule has 1 aliphatic carbocycles. The summed E-state index contributed by atoms with van der Waals surface area (Å²) < 4.78 is 40.9. The highest BCUT2D eigenvalue weighted by atomic mass is 19.4. The van der Waals surface area contributed by atoms with Crippen LogP contribution in [0.1, 0.15) is 53.6 Å². The summed E-state index contributed by atoms with van der Waals surface area (Å²) in [6, 6.07) is 15.0. The zero-order valence-corrected chi connectivity index (χ0v) is 21.7. The second-order valence-corrected chi connectivity index (χ2v) is 10.6. The summed E-state index contributed by atoms with van der Waals surface area (Å²) in [5.74, 6) is -0.822. The Labute approximate surface area is 229 Å². The van der Waals surface area contributed by atoms with E-state index >= 15 is 0 Å². The number of benzene rings is 2. The first kappa shape index (κ1) is 27.4. The molecule has 3 aromatic rings. The van der Waals surface area contributed by atoms with E-state index in [0.29, 0.717) is 43.6 Å². The van der Waals surface area contributed by atoms with Gasteiger partial charge in [-0.05, 0) is 54.5 Å². The first-order valence-corrected chi connectivity index (χ1v) is 13.1. The van der Waals surface area contributed by atoms with Gasteiger partial charge in [-0.3, -0.25) is 19.2 Å². The topological polar surface area (TPSA) is 117 Å². The molecule has 208 valence electrons. The van der Waals surface area contributed by atoms with E-state index in [2.05, 4.69) is 21.4 Å². The highest BCUT2D eigenvalue weighted by Gasteiger charge is 2.39. The van der Waals surface area contributed by atoms with E-state index in [1.807, 2.05) is 24.3 Å². The average Bonchev–Trinajstić information content (AvgIpc) is 3.70. The van der Waals surface area contributed by atoms with E-state index < -0.39 is 23.2 Å². The fourth-order valence-corrected chi connectivity index (χ4v) is 5.15. The second-order valence-electron chi connectivity index (χ2n) is 10.6. The van der Waals surface area contributed by atoms with Crippen LogP contribution in [-0.4, -0.2) is 39.6 Å². The maximum absolute atomic E-state index is 13.1. The van der Waals surface area contributed by atoms with Crippen molar-refractivity contribution in [2.75, 3.05) is 18.4 Å². The van der Waals surface area contributed by atoms with Gasteiger partial charge >= 0.3 is 6.18 Å². The number of aromatic nitrogens is 2. The summed E-state index contributed by atoms with van der Waals surface area (Å²) in [5.41, 5.74) is 6.57. The summed E-state index contributed by atoms with van der Waals surface area (Å²) in [5, 5.41) is 16.8. The van der Waals surface area contributed by atoms with Crippen molar-refractivity contribution >= 4 is 17.6 Å². The van der Waals surface area contributed by atoms with Crippen LogP contribution in [0.5, 0.6) is 0 Å². The minimum absolute atomic E-state index is 0.0682. The molecule has 2 aliphatic rings. The van der Waals surface area contributed by atoms with E-state index in [1.54, 1.807) is 10.7 Å². The number of carbonyl (C=O) groups excluding carboxylic acids is 2. The third-order valence-corrected chi connectivity index (χ3v) is 7.73. The number of hydrogen-bond acceptors (Lipinski definition) is 5. The molecule has 0 atom stereocenters. The molecule has 0 radical (unpaired) electrons. The van der Waals surface area contributed by atoms with E-state index in [4.69, 9.17) is 5.73 Å². The number of piperidine rings is 1. The lowest BCUT2D eigenvalue weighted by Gasteiger charge is -2.40. The number of nitrogens with one attached hydrogen (secondary N) is 1. The van der Waals surface area contributed by atoms with Gasteiger partial charge in [0.2, 0.25) is 5.91 Å². The summed E-state index contributed by atoms with van der Waals surface area (Å²) in [4.78, 5) is 26.6. The minimum atomic E-state index is -4.39. The zero-order valence-electron chi connectivity index (χ0n) is 21.7. The summed E-state index contributed by atoms with van der Waals surface area (Å²) in [6.07, 6.45) is 0.125. The summed E-state index contributed by atoms with van der Waals surface area (Å²) in [6.45, 7) is 1.96. The van der Waals surface area contributed by atoms with Gasteiger partial charge in [-0.15, -0.1) is 0 Å². The van der Waals surface area contributed by atoms with E-state index in [-0.39, 0.29) is 29.6 Å². The van der Waals surface area contributed by atoms with Crippen LogP contribution in [-0.2, 0) is 23.1 Å². The Morgan fingerprint density at radius 2 is 1.80 bits per heavy atom. The molecule has 0 bridgehead atoms. The molecule has 0 spiro atoms. The SMILES string of the molecule is N#CCC1(n2cc(C(N)=O)c(NC(=O)C3CC3)n2)CCN(Cc2ccc(-c3cccc(C(F)(F)F)c3)cc2)CC1. The van der Waals surface area contributed by atoms with Gasteiger partial charge < -0.3 is 11.1 Å². The molecule has 2 amide bonds. The van der Waals surface area contributed by atoms with Gasteiger partial charge in [0.15, 0.2) is 5.82 Å². The molecule has 1 saturated carbocycles. The first-order chi connectivity index (χ1) is 19.1. The molecule has 8 nitrogen and oxygen atoms in total. The first-order valence-electron chi connectivity index (χ1n) is 13.1. The Morgan fingerprint density at radius 1 is 1.10 bits per heavy atom. The van der Waals surface area contributed by atoms with Crippen LogP contribution in [0.2, 0.25) is 0 Å². The fourth-order valence-electron chi connectivity index (χ4n) is 5.15. The van der Waals surface area contributed by atoms with Gasteiger partial charge in [0.05, 0.1) is 23.6 Å². The Bertz CT molecular complexity index is 1450. The normalized spacial score (nSPS) is 17.2. The number of amides is 2. The van der Waals surface area contributed by atoms with Crippen LogP contribution in [0.15, 0.2) is 54.7 Å². The Balaban J connectivity index is 1.26. The second kappa shape index (κ2) is 10.8. The van der Waals surface area contributed by atoms with Crippen molar-refractivity contribution in [2.45, 2.75) is 50.4 Å². The van der Waals surface area contributed by atoms with Crippen molar-refractivity contribution in [3.05, 3.63) is 71.4 Å². The van der Waals surface area contributed by atoms with Crippen molar-refractivity contribution < 1.29 is 22.8 Å². The van der Waals surface area contributed by atoms with Gasteiger partial charge in [-0.25, -0.2) is 0 Å². The molecule has 5 rings (SSSR count). The predicted molar refractivity (Wildman–Crippen MR) is 142 cm³/mol. The number of hydrogen-bond donors (Lipinski definition) is 2. The van der Waals surface area contributed by atoms with Gasteiger partial charge in [0, 0.05) is 31.7 Å². The quantitative estimate of drug-likeness (QED) is 0.413. The van der Waals surface area contributed by atoms with E-state index in [9.17, 15) is 28.0 Å². The van der Waals surface area contributed by atoms with Crippen LogP contribution in [0.3, 0.4) is 0 Å². The van der Waals surface area contributed by atoms with E-state index in [1.165, 1.54) is 12.3 Å². The molecule has 1 aliphatic heterocycles. The Morgan fingerprint density at radius 3 is 2.40 bits per heavy atom. The molecule has 1 saturated heterocycles. The number of likely N-dealkylation sites (tertiary alicyclic amines) is 1. The number of rotatable bonds is 8. The van der Waals surface area contributed by atoms with E-state index in [0.717, 1.165) is 30.5 Å². The molecule has 2 aromatic carbocycles. The maximum Gasteiger partial charge on any atom is 0.416 e. The zero-order chi connectivity index (χ0) is 28.5. The number of primary amides is 1. The van der Waals surface area contributed by atoms with Crippen molar-refractivity contribution in [3.63, 3.8) is 0 Å². The van der Waals surface area contributed by atoms with Gasteiger partial charge in [-0.1, -0.05) is 36.4 Å². The highest BCUT2D eigenvalue weighted by molar-refractivity contribution is 6.02. The molecular weight excluding hydrogens is 521 g/mol. The third kappa shape index (κ3) is 5.87. The lowest BCUT2D eigenvalue weighted by Crippen LogP contribution is -2.46. The summed E-state index contributed by atoms with van der Waals surface area (Å²) in [7, 11) is 0. The monoisotopic (exact) mass is 550 g/mol. The third-order valence-electron chi connectivity index (χ3n) is 7.73. The number of alkyl halides is 3. The molecule has 11 heteroatoms. The Kier molecular flexibility index (Phi) is 7.38. The minimum Gasteiger partial charge on any atom is -0.365 e. The largest absolute Gasteiger partial charge is 0.416 e. The maximum atomic E-state index is 13.1. The molecule has 0 unspecified atom stereocenters. The molecule has 3 N–H and O–H groups in total. The van der Waals surface area contributed by atoms with Crippen LogP contribution in [0.4, 0.5) is 19.0 Å². The van der Waals surface area contributed by atoms with Crippen LogP contribution < -0.4 is 11.1 Å². The van der Waals surface area contributed by atoms with Crippen molar-refractivity contribution in [3.8, 4) is 17.2 Å². The lowest BCUT2D eigenvalue weighted by atomic mass is 9.84. The summed E-state index contributed by atoms with van der Waals surface area (Å²) >= 11 is 0. The number of anilines is 1. The highest BCUT2D eigenvalue weighted by Crippen LogP contribution is 2.36. The smallest absolute Gasteiger partial charge is 0.365 e. The molecule has 1 aromatic heterocycles. The van der Waals surface area contributed by atoms with Crippen molar-refractivity contribution in [1.82, 2.24) is 14.7 Å².